The summed E-state index contributed by atoms with van der Waals surface area (Å²) in [5.41, 5.74) is 14.5. The van der Waals surface area contributed by atoms with Gasteiger partial charge in [-0.3, -0.25) is 0 Å². The fraction of sp³-hybridized carbons (Fsp3) is 0.0204. The van der Waals surface area contributed by atoms with Crippen molar-refractivity contribution in [2.45, 2.75) is 5.41 Å². The normalized spacial score (nSPS) is 13.2. The Kier molecular flexibility index (Phi) is 7.64. The van der Waals surface area contributed by atoms with Gasteiger partial charge >= 0.3 is 0 Å². The summed E-state index contributed by atoms with van der Waals surface area (Å²) in [5, 5.41) is 2.48. The van der Waals surface area contributed by atoms with E-state index in [2.05, 4.69) is 216 Å². The molecular weight excluding hydrogens is 668 g/mol. The van der Waals surface area contributed by atoms with E-state index in [-0.39, 0.29) is 0 Å². The maximum absolute atomic E-state index is 3.57. The first kappa shape index (κ1) is 30.3. The first-order valence-electron chi connectivity index (χ1n) is 17.1. The van der Waals surface area contributed by atoms with Crippen LogP contribution in [0.2, 0.25) is 0 Å². The van der Waals surface area contributed by atoms with Crippen molar-refractivity contribution in [3.05, 3.63) is 238 Å². The molecule has 50 heavy (non-hydrogen) atoms. The Labute approximate surface area is 302 Å². The van der Waals surface area contributed by atoms with Crippen molar-refractivity contribution >= 4 is 38.4 Å². The predicted octanol–water partition coefficient (Wildman–Crippen LogP) is 13.2. The van der Waals surface area contributed by atoms with Crippen LogP contribution in [-0.4, -0.2) is 0 Å². The summed E-state index contributed by atoms with van der Waals surface area (Å²) in [6, 6.07) is 71.1. The monoisotopic (exact) mass is 700 g/mol. The van der Waals surface area contributed by atoms with E-state index in [1.807, 2.05) is 0 Å². The molecule has 0 amide bonds. The standard InChI is InChI=1S/C49H33Br/c50-43-28-25-37(26-29-43)36-21-19-34(20-22-36)31-46(39-24-23-35-11-7-8-12-38(35)32-39)40-27-30-45-44-17-9-10-18-47(44)49(48(45)33-40,41-13-3-1-4-14-41)42-15-5-2-6-16-42/h1-33H/b46-31+. The molecule has 0 saturated heterocycles. The lowest BCUT2D eigenvalue weighted by Crippen LogP contribution is -2.28. The summed E-state index contributed by atoms with van der Waals surface area (Å²) in [6.07, 6.45) is 2.35. The fourth-order valence-electron chi connectivity index (χ4n) is 7.88. The summed E-state index contributed by atoms with van der Waals surface area (Å²) in [6.45, 7) is 0. The van der Waals surface area contributed by atoms with Crippen LogP contribution in [0.25, 0.3) is 44.7 Å². The number of rotatable bonds is 6. The topological polar surface area (TPSA) is 0 Å². The van der Waals surface area contributed by atoms with E-state index in [4.69, 9.17) is 0 Å². The fourth-order valence-corrected chi connectivity index (χ4v) is 8.15. The van der Waals surface area contributed by atoms with Gasteiger partial charge in [0.15, 0.2) is 0 Å². The summed E-state index contributed by atoms with van der Waals surface area (Å²) < 4.78 is 1.09. The van der Waals surface area contributed by atoms with Gasteiger partial charge < -0.3 is 0 Å². The van der Waals surface area contributed by atoms with Gasteiger partial charge in [0.25, 0.3) is 0 Å². The molecule has 0 fully saturated rings. The van der Waals surface area contributed by atoms with Crippen LogP contribution in [-0.2, 0) is 5.41 Å². The average molecular weight is 702 g/mol. The van der Waals surface area contributed by atoms with Crippen LogP contribution < -0.4 is 0 Å². The van der Waals surface area contributed by atoms with Crippen LogP contribution in [0.4, 0.5) is 0 Å². The van der Waals surface area contributed by atoms with Gasteiger partial charge in [-0.2, -0.15) is 0 Å². The van der Waals surface area contributed by atoms with Gasteiger partial charge in [-0.1, -0.05) is 186 Å². The molecule has 1 aliphatic rings. The smallest absolute Gasteiger partial charge is 0.0622 e. The molecule has 0 atom stereocenters. The summed E-state index contributed by atoms with van der Waals surface area (Å²) in [4.78, 5) is 0. The summed E-state index contributed by atoms with van der Waals surface area (Å²) >= 11 is 3.57. The van der Waals surface area contributed by atoms with Crippen LogP contribution in [0, 0.1) is 0 Å². The molecule has 1 heteroatoms. The van der Waals surface area contributed by atoms with Gasteiger partial charge in [-0.05, 0) is 108 Å². The minimum Gasteiger partial charge on any atom is -0.0622 e. The maximum atomic E-state index is 3.57. The highest BCUT2D eigenvalue weighted by atomic mass is 79.9. The second-order valence-electron chi connectivity index (χ2n) is 13.0. The molecule has 1 aliphatic carbocycles. The third-order valence-electron chi connectivity index (χ3n) is 10.2. The molecule has 0 aromatic heterocycles. The Morgan fingerprint density at radius 1 is 0.420 bits per heavy atom. The highest BCUT2D eigenvalue weighted by Gasteiger charge is 2.46. The molecule has 0 saturated carbocycles. The Morgan fingerprint density at radius 2 is 0.960 bits per heavy atom. The van der Waals surface area contributed by atoms with Crippen molar-refractivity contribution in [2.75, 3.05) is 0 Å². The third-order valence-corrected chi connectivity index (χ3v) is 10.8. The van der Waals surface area contributed by atoms with Gasteiger partial charge in [0.2, 0.25) is 0 Å². The van der Waals surface area contributed by atoms with Crippen LogP contribution in [0.1, 0.15) is 38.9 Å². The lowest BCUT2D eigenvalue weighted by Gasteiger charge is -2.34. The molecule has 0 aliphatic heterocycles. The van der Waals surface area contributed by atoms with Gasteiger partial charge in [-0.25, -0.2) is 0 Å². The Morgan fingerprint density at radius 3 is 1.66 bits per heavy atom. The number of hydrogen-bond donors (Lipinski definition) is 0. The molecular formula is C49H33Br. The first-order valence-corrected chi connectivity index (χ1v) is 17.9. The van der Waals surface area contributed by atoms with E-state index in [0.717, 1.165) is 10.0 Å². The highest BCUT2D eigenvalue weighted by molar-refractivity contribution is 9.10. The van der Waals surface area contributed by atoms with E-state index in [1.165, 1.54) is 72.0 Å². The van der Waals surface area contributed by atoms with Crippen molar-refractivity contribution in [1.82, 2.24) is 0 Å². The quantitative estimate of drug-likeness (QED) is 0.151. The zero-order valence-electron chi connectivity index (χ0n) is 27.4. The van der Waals surface area contributed by atoms with E-state index >= 15 is 0 Å². The molecule has 0 bridgehead atoms. The van der Waals surface area contributed by atoms with E-state index in [0.29, 0.717) is 0 Å². The van der Waals surface area contributed by atoms with Crippen molar-refractivity contribution < 1.29 is 0 Å². The number of fused-ring (bicyclic) bond motifs is 4. The second-order valence-corrected chi connectivity index (χ2v) is 14.0. The predicted molar refractivity (Wildman–Crippen MR) is 214 cm³/mol. The number of hydrogen-bond acceptors (Lipinski definition) is 0. The molecule has 9 rings (SSSR count). The highest BCUT2D eigenvalue weighted by Crippen LogP contribution is 2.56. The van der Waals surface area contributed by atoms with E-state index in [1.54, 1.807) is 0 Å². The zero-order valence-corrected chi connectivity index (χ0v) is 29.0. The molecule has 0 unspecified atom stereocenters. The average Bonchev–Trinajstić information content (AvgIpc) is 3.48. The van der Waals surface area contributed by atoms with Gasteiger partial charge in [0.05, 0.1) is 5.41 Å². The first-order chi connectivity index (χ1) is 24.7. The SMILES string of the molecule is Brc1ccc(-c2ccc(/C=C(/c3ccc4c(c3)C(c3ccccc3)(c3ccccc3)c3ccccc3-4)c3ccc4ccccc4c3)cc2)cc1. The molecule has 8 aromatic carbocycles. The summed E-state index contributed by atoms with van der Waals surface area (Å²) in [5.74, 6) is 0. The number of halogens is 1. The Bertz CT molecular complexity index is 2470. The van der Waals surface area contributed by atoms with Crippen LogP contribution in [0.5, 0.6) is 0 Å². The van der Waals surface area contributed by atoms with E-state index in [9.17, 15) is 0 Å². The van der Waals surface area contributed by atoms with Crippen LogP contribution in [0.15, 0.2) is 199 Å². The van der Waals surface area contributed by atoms with Crippen LogP contribution in [0.3, 0.4) is 0 Å². The maximum Gasteiger partial charge on any atom is 0.0713 e. The largest absolute Gasteiger partial charge is 0.0713 e. The molecule has 0 heterocycles. The number of benzene rings is 8. The third kappa shape index (κ3) is 5.14. The van der Waals surface area contributed by atoms with Gasteiger partial charge in [0.1, 0.15) is 0 Å². The second kappa shape index (κ2) is 12.6. The molecule has 236 valence electrons. The van der Waals surface area contributed by atoms with Crippen LogP contribution >= 0.6 is 15.9 Å². The van der Waals surface area contributed by atoms with Crippen molar-refractivity contribution in [2.24, 2.45) is 0 Å². The molecule has 0 N–H and O–H groups in total. The molecule has 0 radical (unpaired) electrons. The minimum absolute atomic E-state index is 0.453. The zero-order chi connectivity index (χ0) is 33.5. The minimum atomic E-state index is -0.453. The Hall–Kier alpha value is -5.76. The molecule has 8 aromatic rings. The van der Waals surface area contributed by atoms with Crippen molar-refractivity contribution in [1.29, 1.82) is 0 Å². The summed E-state index contributed by atoms with van der Waals surface area (Å²) in [7, 11) is 0. The lowest BCUT2D eigenvalue weighted by molar-refractivity contribution is 0.768. The van der Waals surface area contributed by atoms with Crippen molar-refractivity contribution in [3.8, 4) is 22.3 Å². The van der Waals surface area contributed by atoms with E-state index < -0.39 is 5.41 Å². The van der Waals surface area contributed by atoms with Gasteiger partial charge in [-0.15, -0.1) is 0 Å². The van der Waals surface area contributed by atoms with Gasteiger partial charge in [0, 0.05) is 4.47 Å². The molecule has 0 nitrogen and oxygen atoms in total. The molecule has 0 spiro atoms. The Balaban J connectivity index is 1.27. The lowest BCUT2D eigenvalue weighted by atomic mass is 9.67. The van der Waals surface area contributed by atoms with Crippen molar-refractivity contribution in [3.63, 3.8) is 0 Å².